The van der Waals surface area contributed by atoms with Crippen LogP contribution >= 0.6 is 0 Å². The summed E-state index contributed by atoms with van der Waals surface area (Å²) in [6.07, 6.45) is 1.41. The summed E-state index contributed by atoms with van der Waals surface area (Å²) >= 11 is 0. The number of furan rings is 1. The number of hydrogen-bond acceptors (Lipinski definition) is 5. The van der Waals surface area contributed by atoms with E-state index in [1.807, 2.05) is 6.92 Å². The van der Waals surface area contributed by atoms with Crippen molar-refractivity contribution in [1.82, 2.24) is 0 Å². The second-order valence-electron chi connectivity index (χ2n) is 6.38. The van der Waals surface area contributed by atoms with Crippen molar-refractivity contribution in [3.8, 4) is 0 Å². The molecule has 2 aromatic carbocycles. The van der Waals surface area contributed by atoms with E-state index in [0.717, 1.165) is 5.56 Å². The molecule has 0 radical (unpaired) electrons. The highest BCUT2D eigenvalue weighted by Crippen LogP contribution is 2.22. The van der Waals surface area contributed by atoms with Crippen molar-refractivity contribution >= 4 is 29.2 Å². The standard InChI is InChI=1S/C22H20N2O5/c1-13-9-10-15(12-18(13)24-21(26)19-8-5-11-29-19)20(25)23-17-7-4-6-16(14(17)2)22(27)28-3/h4-12H,1-3H3,(H,23,25)(H,24,26). The van der Waals surface area contributed by atoms with E-state index in [-0.39, 0.29) is 11.7 Å². The van der Waals surface area contributed by atoms with Crippen LogP contribution in [0.4, 0.5) is 11.4 Å². The van der Waals surface area contributed by atoms with Crippen LogP contribution in [0.15, 0.2) is 59.2 Å². The van der Waals surface area contributed by atoms with E-state index in [0.29, 0.717) is 28.1 Å². The Morgan fingerprint density at radius 1 is 0.897 bits per heavy atom. The van der Waals surface area contributed by atoms with Gasteiger partial charge in [-0.15, -0.1) is 0 Å². The molecule has 0 unspecified atom stereocenters. The average molecular weight is 392 g/mol. The maximum absolute atomic E-state index is 12.7. The molecule has 29 heavy (non-hydrogen) atoms. The number of amides is 2. The Bertz CT molecular complexity index is 1070. The van der Waals surface area contributed by atoms with Gasteiger partial charge in [-0.2, -0.15) is 0 Å². The Hall–Kier alpha value is -3.87. The minimum Gasteiger partial charge on any atom is -0.465 e. The molecule has 0 saturated carbocycles. The fourth-order valence-electron chi connectivity index (χ4n) is 2.79. The minimum absolute atomic E-state index is 0.175. The van der Waals surface area contributed by atoms with Gasteiger partial charge in [0.1, 0.15) is 0 Å². The Balaban J connectivity index is 1.82. The number of rotatable bonds is 5. The Morgan fingerprint density at radius 2 is 1.66 bits per heavy atom. The fourth-order valence-corrected chi connectivity index (χ4v) is 2.79. The lowest BCUT2D eigenvalue weighted by molar-refractivity contribution is 0.0599. The van der Waals surface area contributed by atoms with Crippen LogP contribution in [-0.4, -0.2) is 24.9 Å². The van der Waals surface area contributed by atoms with Crippen molar-refractivity contribution in [2.75, 3.05) is 17.7 Å². The zero-order chi connectivity index (χ0) is 21.0. The second kappa shape index (κ2) is 8.43. The smallest absolute Gasteiger partial charge is 0.338 e. The molecule has 2 N–H and O–H groups in total. The summed E-state index contributed by atoms with van der Waals surface area (Å²) < 4.78 is 9.85. The minimum atomic E-state index is -0.475. The summed E-state index contributed by atoms with van der Waals surface area (Å²) in [5, 5.41) is 5.54. The first-order valence-electron chi connectivity index (χ1n) is 8.85. The van der Waals surface area contributed by atoms with Gasteiger partial charge in [0.05, 0.1) is 18.9 Å². The highest BCUT2D eigenvalue weighted by Gasteiger charge is 2.16. The second-order valence-corrected chi connectivity index (χ2v) is 6.38. The zero-order valence-corrected chi connectivity index (χ0v) is 16.2. The first-order valence-corrected chi connectivity index (χ1v) is 8.85. The number of hydrogen-bond donors (Lipinski definition) is 2. The van der Waals surface area contributed by atoms with Crippen LogP contribution in [-0.2, 0) is 4.74 Å². The largest absolute Gasteiger partial charge is 0.465 e. The number of esters is 1. The number of nitrogens with one attached hydrogen (secondary N) is 2. The van der Waals surface area contributed by atoms with Crippen molar-refractivity contribution in [3.05, 3.63) is 82.8 Å². The summed E-state index contributed by atoms with van der Waals surface area (Å²) in [4.78, 5) is 36.8. The number of carbonyl (C=O) groups is 3. The lowest BCUT2D eigenvalue weighted by Gasteiger charge is -2.13. The topological polar surface area (TPSA) is 97.6 Å². The highest BCUT2D eigenvalue weighted by atomic mass is 16.5. The van der Waals surface area contributed by atoms with E-state index in [9.17, 15) is 14.4 Å². The molecular formula is C22H20N2O5. The zero-order valence-electron chi connectivity index (χ0n) is 16.2. The molecule has 0 aliphatic carbocycles. The third-order valence-electron chi connectivity index (χ3n) is 4.48. The van der Waals surface area contributed by atoms with E-state index in [1.165, 1.54) is 13.4 Å². The maximum Gasteiger partial charge on any atom is 0.338 e. The molecule has 0 aliphatic heterocycles. The van der Waals surface area contributed by atoms with E-state index >= 15 is 0 Å². The third-order valence-corrected chi connectivity index (χ3v) is 4.48. The Labute approximate surface area is 167 Å². The van der Waals surface area contributed by atoms with Gasteiger partial charge in [0, 0.05) is 16.9 Å². The van der Waals surface area contributed by atoms with Gasteiger partial charge in [0.15, 0.2) is 5.76 Å². The fraction of sp³-hybridized carbons (Fsp3) is 0.136. The van der Waals surface area contributed by atoms with E-state index in [1.54, 1.807) is 55.5 Å². The van der Waals surface area contributed by atoms with E-state index in [2.05, 4.69) is 10.6 Å². The average Bonchev–Trinajstić information content (AvgIpc) is 3.25. The molecule has 0 spiro atoms. The predicted molar refractivity (Wildman–Crippen MR) is 108 cm³/mol. The van der Waals surface area contributed by atoms with Crippen molar-refractivity contribution in [2.45, 2.75) is 13.8 Å². The Kier molecular flexibility index (Phi) is 5.78. The molecule has 3 rings (SSSR count). The van der Waals surface area contributed by atoms with Crippen molar-refractivity contribution in [3.63, 3.8) is 0 Å². The molecule has 1 heterocycles. The van der Waals surface area contributed by atoms with Gasteiger partial charge in [0.2, 0.25) is 0 Å². The molecule has 148 valence electrons. The molecule has 1 aromatic heterocycles. The number of aryl methyl sites for hydroxylation is 1. The third kappa shape index (κ3) is 4.35. The van der Waals surface area contributed by atoms with Crippen molar-refractivity contribution in [2.24, 2.45) is 0 Å². The van der Waals surface area contributed by atoms with Crippen LogP contribution in [0.1, 0.15) is 42.4 Å². The molecule has 0 fully saturated rings. The number of benzene rings is 2. The van der Waals surface area contributed by atoms with Gasteiger partial charge in [-0.05, 0) is 61.4 Å². The summed E-state index contributed by atoms with van der Waals surface area (Å²) in [5.41, 5.74) is 3.13. The lowest BCUT2D eigenvalue weighted by Crippen LogP contribution is -2.16. The van der Waals surface area contributed by atoms with Crippen LogP contribution in [0.3, 0.4) is 0 Å². The van der Waals surface area contributed by atoms with Gasteiger partial charge in [-0.1, -0.05) is 12.1 Å². The summed E-state index contributed by atoms with van der Waals surface area (Å²) in [5.74, 6) is -1.08. The lowest BCUT2D eigenvalue weighted by atomic mass is 10.1. The summed E-state index contributed by atoms with van der Waals surface area (Å²) in [7, 11) is 1.30. The van der Waals surface area contributed by atoms with Crippen molar-refractivity contribution in [1.29, 1.82) is 0 Å². The van der Waals surface area contributed by atoms with Crippen LogP contribution in [0.25, 0.3) is 0 Å². The van der Waals surface area contributed by atoms with E-state index < -0.39 is 11.9 Å². The number of methoxy groups -OCH3 is 1. The first-order chi connectivity index (χ1) is 13.9. The van der Waals surface area contributed by atoms with Gasteiger partial charge < -0.3 is 19.8 Å². The number of ether oxygens (including phenoxy) is 1. The van der Waals surface area contributed by atoms with Crippen LogP contribution in [0, 0.1) is 13.8 Å². The molecule has 0 aliphatic rings. The molecule has 7 heteroatoms. The maximum atomic E-state index is 12.7. The van der Waals surface area contributed by atoms with Crippen molar-refractivity contribution < 1.29 is 23.5 Å². The summed E-state index contributed by atoms with van der Waals surface area (Å²) in [6.45, 7) is 3.55. The monoisotopic (exact) mass is 392 g/mol. The number of carbonyl (C=O) groups excluding carboxylic acids is 3. The molecule has 3 aromatic rings. The first kappa shape index (κ1) is 19.9. The molecule has 0 atom stereocenters. The van der Waals surface area contributed by atoms with Crippen LogP contribution in [0.5, 0.6) is 0 Å². The quantitative estimate of drug-likeness (QED) is 0.635. The van der Waals surface area contributed by atoms with Gasteiger partial charge in [-0.3, -0.25) is 9.59 Å². The summed E-state index contributed by atoms with van der Waals surface area (Å²) in [6, 6.07) is 13.2. The normalized spacial score (nSPS) is 10.3. The van der Waals surface area contributed by atoms with E-state index in [4.69, 9.17) is 9.15 Å². The SMILES string of the molecule is COC(=O)c1cccc(NC(=O)c2ccc(C)c(NC(=O)c3ccco3)c2)c1C. The van der Waals surface area contributed by atoms with Gasteiger partial charge in [-0.25, -0.2) is 4.79 Å². The highest BCUT2D eigenvalue weighted by molar-refractivity contribution is 6.07. The predicted octanol–water partition coefficient (Wildman–Crippen LogP) is 4.19. The van der Waals surface area contributed by atoms with Crippen LogP contribution in [0.2, 0.25) is 0 Å². The number of anilines is 2. The molecular weight excluding hydrogens is 372 g/mol. The van der Waals surface area contributed by atoms with Gasteiger partial charge in [0.25, 0.3) is 11.8 Å². The van der Waals surface area contributed by atoms with Crippen LogP contribution < -0.4 is 10.6 Å². The Morgan fingerprint density at radius 3 is 2.34 bits per heavy atom. The van der Waals surface area contributed by atoms with Gasteiger partial charge >= 0.3 is 5.97 Å². The molecule has 7 nitrogen and oxygen atoms in total. The molecule has 0 saturated heterocycles. The molecule has 2 amide bonds. The molecule has 0 bridgehead atoms.